The molecule has 0 saturated heterocycles. The molecule has 0 aliphatic carbocycles. The second-order valence-corrected chi connectivity index (χ2v) is 4.48. The van der Waals surface area contributed by atoms with Crippen LogP contribution in [0.5, 0.6) is 0 Å². The Hall–Kier alpha value is -1.35. The summed E-state index contributed by atoms with van der Waals surface area (Å²) in [5.41, 5.74) is 2.42. The summed E-state index contributed by atoms with van der Waals surface area (Å²) in [5.74, 6) is -0.765. The van der Waals surface area contributed by atoms with Gasteiger partial charge in [0.25, 0.3) is 0 Å². The molecule has 0 bridgehead atoms. The van der Waals surface area contributed by atoms with Gasteiger partial charge in [-0.25, -0.2) is 0 Å². The molecule has 1 N–H and O–H groups in total. The van der Waals surface area contributed by atoms with Crippen LogP contribution in [0.3, 0.4) is 0 Å². The molecule has 0 spiro atoms. The first kappa shape index (κ1) is 13.7. The number of carboxylic acids is 1. The summed E-state index contributed by atoms with van der Waals surface area (Å²) in [7, 11) is 0. The first-order chi connectivity index (χ1) is 8.04. The molecule has 94 valence electrons. The number of rotatable bonds is 6. The highest BCUT2D eigenvalue weighted by Crippen LogP contribution is 2.13. The van der Waals surface area contributed by atoms with E-state index in [2.05, 4.69) is 32.9 Å². The fraction of sp³-hybridized carbons (Fsp3) is 0.500. The fourth-order valence-corrected chi connectivity index (χ4v) is 1.81. The normalized spacial score (nSPS) is 12.7. The summed E-state index contributed by atoms with van der Waals surface area (Å²) in [6.07, 6.45) is 0.958. The van der Waals surface area contributed by atoms with Crippen LogP contribution in [0, 0.1) is 6.92 Å². The van der Waals surface area contributed by atoms with Crippen LogP contribution in [0.25, 0.3) is 0 Å². The fourth-order valence-electron chi connectivity index (χ4n) is 1.81. The van der Waals surface area contributed by atoms with Gasteiger partial charge in [0.15, 0.2) is 0 Å². The molecule has 0 aliphatic rings. The van der Waals surface area contributed by atoms with Crippen LogP contribution in [0.15, 0.2) is 24.3 Å². The Kier molecular flexibility index (Phi) is 5.16. The van der Waals surface area contributed by atoms with Gasteiger partial charge in [0.05, 0.1) is 6.54 Å². The summed E-state index contributed by atoms with van der Waals surface area (Å²) in [5, 5.41) is 8.93. The van der Waals surface area contributed by atoms with Crippen molar-refractivity contribution in [3.63, 3.8) is 0 Å². The molecule has 1 unspecified atom stereocenters. The van der Waals surface area contributed by atoms with E-state index in [4.69, 9.17) is 5.11 Å². The third-order valence-corrected chi connectivity index (χ3v) is 3.19. The van der Waals surface area contributed by atoms with E-state index in [0.717, 1.165) is 6.42 Å². The van der Waals surface area contributed by atoms with E-state index >= 15 is 0 Å². The summed E-state index contributed by atoms with van der Waals surface area (Å²) >= 11 is 0. The molecular weight excluding hydrogens is 214 g/mol. The smallest absolute Gasteiger partial charge is 0.317 e. The van der Waals surface area contributed by atoms with E-state index in [1.807, 2.05) is 17.0 Å². The van der Waals surface area contributed by atoms with Crippen LogP contribution in [0.1, 0.15) is 31.4 Å². The summed E-state index contributed by atoms with van der Waals surface area (Å²) in [6.45, 7) is 7.01. The van der Waals surface area contributed by atoms with Crippen LogP contribution in [-0.4, -0.2) is 28.6 Å². The van der Waals surface area contributed by atoms with Crippen LogP contribution in [0.2, 0.25) is 0 Å². The van der Waals surface area contributed by atoms with E-state index < -0.39 is 5.97 Å². The molecule has 0 heterocycles. The monoisotopic (exact) mass is 235 g/mol. The van der Waals surface area contributed by atoms with E-state index in [9.17, 15) is 4.79 Å². The van der Waals surface area contributed by atoms with Gasteiger partial charge < -0.3 is 5.11 Å². The molecule has 0 aliphatic heterocycles. The predicted octanol–water partition coefficient (Wildman–Crippen LogP) is 2.68. The third-order valence-electron chi connectivity index (χ3n) is 3.19. The zero-order valence-electron chi connectivity index (χ0n) is 10.8. The van der Waals surface area contributed by atoms with Crippen molar-refractivity contribution < 1.29 is 9.90 Å². The largest absolute Gasteiger partial charge is 0.480 e. The van der Waals surface area contributed by atoms with E-state index in [1.165, 1.54) is 11.1 Å². The maximum absolute atomic E-state index is 10.9. The van der Waals surface area contributed by atoms with Crippen LogP contribution in [0.4, 0.5) is 0 Å². The molecule has 1 aromatic rings. The maximum Gasteiger partial charge on any atom is 0.317 e. The molecule has 1 aromatic carbocycles. The Morgan fingerprint density at radius 2 is 2.06 bits per heavy atom. The minimum absolute atomic E-state index is 0.101. The zero-order valence-corrected chi connectivity index (χ0v) is 10.8. The van der Waals surface area contributed by atoms with Gasteiger partial charge in [-0.05, 0) is 31.4 Å². The second kappa shape index (κ2) is 6.40. The lowest BCUT2D eigenvalue weighted by Crippen LogP contribution is -2.36. The average Bonchev–Trinajstić information content (AvgIpc) is 2.29. The molecule has 0 fully saturated rings. The van der Waals surface area contributed by atoms with Crippen molar-refractivity contribution in [1.29, 1.82) is 0 Å². The number of hydrogen-bond acceptors (Lipinski definition) is 2. The number of aliphatic carboxylic acids is 1. The van der Waals surface area contributed by atoms with Gasteiger partial charge in [-0.1, -0.05) is 31.2 Å². The Morgan fingerprint density at radius 1 is 1.41 bits per heavy atom. The lowest BCUT2D eigenvalue weighted by Gasteiger charge is -2.27. The van der Waals surface area contributed by atoms with Crippen molar-refractivity contribution in [3.05, 3.63) is 35.4 Å². The second-order valence-electron chi connectivity index (χ2n) is 4.48. The highest BCUT2D eigenvalue weighted by atomic mass is 16.4. The SMILES string of the molecule is CCC(C)N(CC(=O)O)Cc1ccccc1C. The van der Waals surface area contributed by atoms with Crippen molar-refractivity contribution in [2.24, 2.45) is 0 Å². The lowest BCUT2D eigenvalue weighted by atomic mass is 10.1. The average molecular weight is 235 g/mol. The third kappa shape index (κ3) is 4.19. The van der Waals surface area contributed by atoms with Crippen molar-refractivity contribution >= 4 is 5.97 Å². The summed E-state index contributed by atoms with van der Waals surface area (Å²) < 4.78 is 0. The van der Waals surface area contributed by atoms with Crippen LogP contribution in [-0.2, 0) is 11.3 Å². The van der Waals surface area contributed by atoms with E-state index in [0.29, 0.717) is 6.54 Å². The number of carbonyl (C=O) groups is 1. The van der Waals surface area contributed by atoms with Gasteiger partial charge in [0.2, 0.25) is 0 Å². The van der Waals surface area contributed by atoms with Crippen molar-refractivity contribution in [1.82, 2.24) is 4.90 Å². The molecule has 3 nitrogen and oxygen atoms in total. The van der Waals surface area contributed by atoms with Crippen molar-refractivity contribution in [2.75, 3.05) is 6.54 Å². The molecular formula is C14H21NO2. The highest BCUT2D eigenvalue weighted by molar-refractivity contribution is 5.69. The van der Waals surface area contributed by atoms with Crippen LogP contribution >= 0.6 is 0 Å². The molecule has 3 heteroatoms. The highest BCUT2D eigenvalue weighted by Gasteiger charge is 2.16. The van der Waals surface area contributed by atoms with Crippen LogP contribution < -0.4 is 0 Å². The topological polar surface area (TPSA) is 40.5 Å². The molecule has 1 rings (SSSR count). The minimum atomic E-state index is -0.765. The Morgan fingerprint density at radius 3 is 2.59 bits per heavy atom. The number of aryl methyl sites for hydroxylation is 1. The summed E-state index contributed by atoms with van der Waals surface area (Å²) in [4.78, 5) is 12.9. The van der Waals surface area contributed by atoms with Gasteiger partial charge in [-0.2, -0.15) is 0 Å². The lowest BCUT2D eigenvalue weighted by molar-refractivity contribution is -0.139. The first-order valence-corrected chi connectivity index (χ1v) is 6.05. The van der Waals surface area contributed by atoms with E-state index in [1.54, 1.807) is 0 Å². The standard InChI is InChI=1S/C14H21NO2/c1-4-12(3)15(10-14(16)17)9-13-8-6-5-7-11(13)2/h5-8,12H,4,9-10H2,1-3H3,(H,16,17). The number of hydrogen-bond donors (Lipinski definition) is 1. The first-order valence-electron chi connectivity index (χ1n) is 6.05. The quantitative estimate of drug-likeness (QED) is 0.824. The van der Waals surface area contributed by atoms with Crippen molar-refractivity contribution in [3.8, 4) is 0 Å². The maximum atomic E-state index is 10.9. The Bertz CT molecular complexity index is 376. The van der Waals surface area contributed by atoms with Gasteiger partial charge >= 0.3 is 5.97 Å². The Labute approximate surface area is 103 Å². The Balaban J connectivity index is 2.79. The van der Waals surface area contributed by atoms with Gasteiger partial charge in [0.1, 0.15) is 0 Å². The summed E-state index contributed by atoms with van der Waals surface area (Å²) in [6, 6.07) is 8.41. The molecule has 0 saturated carbocycles. The molecule has 0 amide bonds. The zero-order chi connectivity index (χ0) is 12.8. The molecule has 0 radical (unpaired) electrons. The molecule has 17 heavy (non-hydrogen) atoms. The van der Waals surface area contributed by atoms with Crippen molar-refractivity contribution in [2.45, 2.75) is 39.8 Å². The van der Waals surface area contributed by atoms with Gasteiger partial charge in [-0.3, -0.25) is 9.69 Å². The number of benzene rings is 1. The minimum Gasteiger partial charge on any atom is -0.480 e. The molecule has 0 aromatic heterocycles. The number of nitrogens with zero attached hydrogens (tertiary/aromatic N) is 1. The predicted molar refractivity (Wildman–Crippen MR) is 69.0 cm³/mol. The van der Waals surface area contributed by atoms with Gasteiger partial charge in [0, 0.05) is 12.6 Å². The van der Waals surface area contributed by atoms with Gasteiger partial charge in [-0.15, -0.1) is 0 Å². The molecule has 1 atom stereocenters. The van der Waals surface area contributed by atoms with E-state index in [-0.39, 0.29) is 12.6 Å². The number of carboxylic acid groups (broad SMARTS) is 1.